The monoisotopic (exact) mass is 232 g/mol. The van der Waals surface area contributed by atoms with Crippen LogP contribution in [0, 0.1) is 0 Å². The molecule has 1 rings (SSSR count). The Hall–Kier alpha value is -0.850. The highest BCUT2D eigenvalue weighted by molar-refractivity contribution is 7.90. The van der Waals surface area contributed by atoms with Gasteiger partial charge >= 0.3 is 0 Å². The van der Waals surface area contributed by atoms with E-state index in [1.807, 2.05) is 0 Å². The fraction of sp³-hybridized carbons (Fsp3) is 0.556. The molecule has 0 amide bonds. The number of nitrogens with one attached hydrogen (secondary N) is 1. The molecule has 1 aromatic rings. The molecule has 0 aliphatic carbocycles. The molecule has 0 radical (unpaired) electrons. The van der Waals surface area contributed by atoms with Crippen molar-refractivity contribution >= 4 is 10.0 Å². The van der Waals surface area contributed by atoms with Gasteiger partial charge in [-0.2, -0.15) is 0 Å². The van der Waals surface area contributed by atoms with Crippen LogP contribution in [0.3, 0.4) is 0 Å². The normalized spacial score (nSPS) is 14.0. The summed E-state index contributed by atoms with van der Waals surface area (Å²) < 4.78 is 30.8. The maximum atomic E-state index is 11.7. The SMILES string of the molecule is CCC(CN)S(=O)(=O)NCc1ccco1. The van der Waals surface area contributed by atoms with Crippen LogP contribution in [-0.4, -0.2) is 20.2 Å². The summed E-state index contributed by atoms with van der Waals surface area (Å²) >= 11 is 0. The van der Waals surface area contributed by atoms with E-state index < -0.39 is 15.3 Å². The van der Waals surface area contributed by atoms with Gasteiger partial charge in [0.25, 0.3) is 0 Å². The van der Waals surface area contributed by atoms with Crippen molar-refractivity contribution in [3.8, 4) is 0 Å². The highest BCUT2D eigenvalue weighted by atomic mass is 32.2. The van der Waals surface area contributed by atoms with Gasteiger partial charge in [-0.25, -0.2) is 13.1 Å². The fourth-order valence-electron chi connectivity index (χ4n) is 1.22. The van der Waals surface area contributed by atoms with Crippen molar-refractivity contribution in [2.45, 2.75) is 25.1 Å². The van der Waals surface area contributed by atoms with Crippen LogP contribution in [0.25, 0.3) is 0 Å². The molecule has 86 valence electrons. The van der Waals surface area contributed by atoms with E-state index in [2.05, 4.69) is 4.72 Å². The molecule has 6 heteroatoms. The lowest BCUT2D eigenvalue weighted by molar-refractivity contribution is 0.495. The zero-order chi connectivity index (χ0) is 11.3. The first-order chi connectivity index (χ1) is 7.10. The molecule has 5 nitrogen and oxygen atoms in total. The number of furan rings is 1. The predicted octanol–water partition coefficient (Wildman–Crippen LogP) is 0.436. The summed E-state index contributed by atoms with van der Waals surface area (Å²) in [5.41, 5.74) is 5.38. The third-order valence-electron chi connectivity index (χ3n) is 2.18. The van der Waals surface area contributed by atoms with Crippen LogP contribution in [-0.2, 0) is 16.6 Å². The summed E-state index contributed by atoms with van der Waals surface area (Å²) in [6.45, 7) is 2.10. The molecule has 3 N–H and O–H groups in total. The van der Waals surface area contributed by atoms with Crippen LogP contribution >= 0.6 is 0 Å². The van der Waals surface area contributed by atoms with E-state index in [4.69, 9.17) is 10.2 Å². The maximum absolute atomic E-state index is 11.7. The fourth-order valence-corrected chi connectivity index (χ4v) is 2.49. The number of rotatable bonds is 6. The van der Waals surface area contributed by atoms with Crippen LogP contribution in [0.5, 0.6) is 0 Å². The quantitative estimate of drug-likeness (QED) is 0.745. The third-order valence-corrected chi connectivity index (χ3v) is 4.13. The summed E-state index contributed by atoms with van der Waals surface area (Å²) in [5.74, 6) is 0.588. The van der Waals surface area contributed by atoms with Gasteiger partial charge in [0.05, 0.1) is 18.1 Å². The van der Waals surface area contributed by atoms with Gasteiger partial charge in [-0.1, -0.05) is 6.92 Å². The summed E-state index contributed by atoms with van der Waals surface area (Å²) in [6.07, 6.45) is 2.01. The minimum Gasteiger partial charge on any atom is -0.468 e. The molecule has 0 saturated heterocycles. The molecular formula is C9H16N2O3S. The predicted molar refractivity (Wildman–Crippen MR) is 57.6 cm³/mol. The van der Waals surface area contributed by atoms with Crippen molar-refractivity contribution in [1.29, 1.82) is 0 Å². The highest BCUT2D eigenvalue weighted by Gasteiger charge is 2.21. The van der Waals surface area contributed by atoms with Gasteiger partial charge in [-0.15, -0.1) is 0 Å². The van der Waals surface area contributed by atoms with Crippen LogP contribution in [0.2, 0.25) is 0 Å². The lowest BCUT2D eigenvalue weighted by atomic mass is 10.3. The Kier molecular flexibility index (Phi) is 4.31. The molecular weight excluding hydrogens is 216 g/mol. The molecule has 0 bridgehead atoms. The van der Waals surface area contributed by atoms with E-state index in [1.54, 1.807) is 19.1 Å². The minimum atomic E-state index is -3.33. The van der Waals surface area contributed by atoms with E-state index in [1.165, 1.54) is 6.26 Å². The van der Waals surface area contributed by atoms with Gasteiger partial charge in [0.15, 0.2) is 0 Å². The number of hydrogen-bond acceptors (Lipinski definition) is 4. The molecule has 0 spiro atoms. The first-order valence-corrected chi connectivity index (χ1v) is 6.35. The van der Waals surface area contributed by atoms with Gasteiger partial charge < -0.3 is 10.2 Å². The summed E-state index contributed by atoms with van der Waals surface area (Å²) in [5, 5.41) is -0.535. The number of hydrogen-bond donors (Lipinski definition) is 2. The second kappa shape index (κ2) is 5.29. The number of nitrogens with two attached hydrogens (primary N) is 1. The van der Waals surface area contributed by atoms with Crippen LogP contribution in [0.1, 0.15) is 19.1 Å². The Bertz CT molecular complexity index is 368. The van der Waals surface area contributed by atoms with Crippen LogP contribution in [0.4, 0.5) is 0 Å². The van der Waals surface area contributed by atoms with Gasteiger partial charge in [-0.05, 0) is 18.6 Å². The topological polar surface area (TPSA) is 85.3 Å². The molecule has 1 aromatic heterocycles. The van der Waals surface area contributed by atoms with Crippen molar-refractivity contribution in [3.05, 3.63) is 24.2 Å². The van der Waals surface area contributed by atoms with Crippen LogP contribution in [0.15, 0.2) is 22.8 Å². The first kappa shape index (κ1) is 12.2. The third kappa shape index (κ3) is 3.33. The zero-order valence-corrected chi connectivity index (χ0v) is 9.46. The van der Waals surface area contributed by atoms with Crippen molar-refractivity contribution in [2.24, 2.45) is 5.73 Å². The molecule has 0 aromatic carbocycles. The molecule has 0 fully saturated rings. The Morgan fingerprint density at radius 2 is 2.33 bits per heavy atom. The Balaban J connectivity index is 2.57. The first-order valence-electron chi connectivity index (χ1n) is 4.81. The molecule has 15 heavy (non-hydrogen) atoms. The zero-order valence-electron chi connectivity index (χ0n) is 8.64. The van der Waals surface area contributed by atoms with E-state index in [9.17, 15) is 8.42 Å². The van der Waals surface area contributed by atoms with Crippen LogP contribution < -0.4 is 10.5 Å². The van der Waals surface area contributed by atoms with Gasteiger partial charge in [0.1, 0.15) is 5.76 Å². The van der Waals surface area contributed by atoms with Gasteiger partial charge in [-0.3, -0.25) is 0 Å². The molecule has 1 heterocycles. The van der Waals surface area contributed by atoms with Crippen molar-refractivity contribution < 1.29 is 12.8 Å². The second-order valence-electron chi connectivity index (χ2n) is 3.21. The highest BCUT2D eigenvalue weighted by Crippen LogP contribution is 2.05. The summed E-state index contributed by atoms with van der Waals surface area (Å²) in [7, 11) is -3.33. The van der Waals surface area contributed by atoms with E-state index in [-0.39, 0.29) is 13.1 Å². The smallest absolute Gasteiger partial charge is 0.216 e. The average molecular weight is 232 g/mol. The second-order valence-corrected chi connectivity index (χ2v) is 5.26. The Morgan fingerprint density at radius 1 is 1.60 bits per heavy atom. The molecule has 0 aliphatic rings. The standard InChI is InChI=1S/C9H16N2O3S/c1-2-9(6-10)15(12,13)11-7-8-4-3-5-14-8/h3-5,9,11H,2,6-7,10H2,1H3. The van der Waals surface area contributed by atoms with Crippen molar-refractivity contribution in [3.63, 3.8) is 0 Å². The molecule has 1 unspecified atom stereocenters. The Morgan fingerprint density at radius 3 is 2.80 bits per heavy atom. The average Bonchev–Trinajstić information content (AvgIpc) is 2.69. The molecule has 0 aliphatic heterocycles. The largest absolute Gasteiger partial charge is 0.468 e. The molecule has 0 saturated carbocycles. The summed E-state index contributed by atoms with van der Waals surface area (Å²) in [4.78, 5) is 0. The summed E-state index contributed by atoms with van der Waals surface area (Å²) in [6, 6.07) is 3.43. The Labute approximate surface area is 89.7 Å². The van der Waals surface area contributed by atoms with Crippen molar-refractivity contribution in [1.82, 2.24) is 4.72 Å². The van der Waals surface area contributed by atoms with Gasteiger partial charge in [0.2, 0.25) is 10.0 Å². The minimum absolute atomic E-state index is 0.129. The van der Waals surface area contributed by atoms with E-state index >= 15 is 0 Å². The lowest BCUT2D eigenvalue weighted by Gasteiger charge is -2.13. The molecule has 1 atom stereocenters. The van der Waals surface area contributed by atoms with E-state index in [0.29, 0.717) is 12.2 Å². The lowest BCUT2D eigenvalue weighted by Crippen LogP contribution is -2.38. The van der Waals surface area contributed by atoms with E-state index in [0.717, 1.165) is 0 Å². The van der Waals surface area contributed by atoms with Gasteiger partial charge in [0, 0.05) is 6.54 Å². The van der Waals surface area contributed by atoms with Crippen molar-refractivity contribution in [2.75, 3.05) is 6.54 Å². The number of sulfonamides is 1. The maximum Gasteiger partial charge on any atom is 0.216 e.